The molecule has 72 valence electrons. The molecule has 1 rings (SSSR count). The summed E-state index contributed by atoms with van der Waals surface area (Å²) in [6, 6.07) is 0.0460. The second-order valence-corrected chi connectivity index (χ2v) is 2.39. The zero-order valence-electron chi connectivity index (χ0n) is 7.65. The first-order chi connectivity index (χ1) is 6.20. The van der Waals surface area contributed by atoms with Crippen molar-refractivity contribution in [3.63, 3.8) is 0 Å². The number of ether oxygens (including phenoxy) is 1. The van der Waals surface area contributed by atoms with E-state index < -0.39 is 0 Å². The Morgan fingerprint density at radius 2 is 2.15 bits per heavy atom. The predicted octanol–water partition coefficient (Wildman–Crippen LogP) is -0.687. The summed E-state index contributed by atoms with van der Waals surface area (Å²) in [7, 11) is 0. The van der Waals surface area contributed by atoms with Gasteiger partial charge in [0.2, 0.25) is 0 Å². The molecule has 0 spiro atoms. The minimum Gasteiger partial charge on any atom is -0.463 e. The summed E-state index contributed by atoms with van der Waals surface area (Å²) >= 11 is 0. The van der Waals surface area contributed by atoms with Gasteiger partial charge in [-0.3, -0.25) is 4.79 Å². The normalized spacial score (nSPS) is 10.0. The number of aromatic nitrogens is 3. The van der Waals surface area contributed by atoms with Crippen LogP contribution in [-0.2, 0) is 6.42 Å². The van der Waals surface area contributed by atoms with Crippen molar-refractivity contribution in [2.24, 2.45) is 0 Å². The van der Waals surface area contributed by atoms with Crippen LogP contribution in [0.4, 0.5) is 0 Å². The van der Waals surface area contributed by atoms with E-state index in [1.54, 1.807) is 6.92 Å². The van der Waals surface area contributed by atoms with Crippen LogP contribution in [-0.4, -0.2) is 21.5 Å². The van der Waals surface area contributed by atoms with Gasteiger partial charge in [0.05, 0.1) is 6.61 Å². The molecule has 0 aromatic carbocycles. The summed E-state index contributed by atoms with van der Waals surface area (Å²) < 4.78 is 5.85. The highest BCUT2D eigenvalue weighted by atomic mass is 16.5. The number of hydrogen-bond acceptors (Lipinski definition) is 5. The topological polar surface area (TPSA) is 83.0 Å². The fraction of sp³-hybridized carbons (Fsp3) is 0.571. The predicted molar refractivity (Wildman–Crippen MR) is 47.0 cm³/mol. The average Bonchev–Trinajstić information content (AvgIpc) is 2.14. The van der Waals surface area contributed by atoms with Crippen LogP contribution in [0.3, 0.4) is 0 Å². The highest BCUT2D eigenvalue weighted by Crippen LogP contribution is 1.97. The molecule has 0 aliphatic heterocycles. The molecule has 0 aliphatic carbocycles. The molecular weight excluding hydrogens is 172 g/mol. The zero-order chi connectivity index (χ0) is 9.84. The fourth-order valence-electron chi connectivity index (χ4n) is 0.869. The second-order valence-electron chi connectivity index (χ2n) is 2.39. The maximum absolute atomic E-state index is 11.4. The first-order valence-corrected chi connectivity index (χ1v) is 4.07. The van der Waals surface area contributed by atoms with E-state index in [-0.39, 0.29) is 11.6 Å². The first kappa shape index (κ1) is 9.50. The summed E-state index contributed by atoms with van der Waals surface area (Å²) in [4.78, 5) is 11.4. The van der Waals surface area contributed by atoms with Crippen molar-refractivity contribution in [2.75, 3.05) is 12.4 Å². The van der Waals surface area contributed by atoms with Gasteiger partial charge in [0.25, 0.3) is 5.56 Å². The Labute approximate surface area is 75.3 Å². The van der Waals surface area contributed by atoms with E-state index in [1.807, 2.05) is 6.92 Å². The Balaban J connectivity index is 3.15. The molecular formula is C7H12N4O2. The third kappa shape index (κ3) is 1.77. The minimum atomic E-state index is -0.360. The van der Waals surface area contributed by atoms with Gasteiger partial charge < -0.3 is 10.6 Å². The van der Waals surface area contributed by atoms with Crippen molar-refractivity contribution in [1.29, 1.82) is 0 Å². The maximum Gasteiger partial charge on any atom is 0.337 e. The van der Waals surface area contributed by atoms with E-state index in [4.69, 9.17) is 10.6 Å². The molecule has 1 aromatic heterocycles. The van der Waals surface area contributed by atoms with Crippen LogP contribution in [0, 0.1) is 0 Å². The Hall–Kier alpha value is -1.59. The van der Waals surface area contributed by atoms with Crippen molar-refractivity contribution < 1.29 is 4.74 Å². The average molecular weight is 184 g/mol. The quantitative estimate of drug-likeness (QED) is 0.629. The van der Waals surface area contributed by atoms with Gasteiger partial charge in [-0.1, -0.05) is 12.0 Å². The van der Waals surface area contributed by atoms with E-state index in [1.165, 1.54) is 0 Å². The molecule has 1 aromatic rings. The number of rotatable bonds is 3. The first-order valence-electron chi connectivity index (χ1n) is 4.07. The van der Waals surface area contributed by atoms with E-state index in [0.29, 0.717) is 18.7 Å². The molecule has 0 unspecified atom stereocenters. The van der Waals surface area contributed by atoms with Crippen LogP contribution < -0.4 is 16.1 Å². The van der Waals surface area contributed by atoms with Gasteiger partial charge in [-0.2, -0.15) is 4.68 Å². The van der Waals surface area contributed by atoms with Crippen LogP contribution in [0.15, 0.2) is 4.79 Å². The summed E-state index contributed by atoms with van der Waals surface area (Å²) in [6.45, 7) is 3.99. The van der Waals surface area contributed by atoms with Crippen molar-refractivity contribution >= 4 is 0 Å². The van der Waals surface area contributed by atoms with Crippen LogP contribution in [0.1, 0.15) is 19.5 Å². The van der Waals surface area contributed by atoms with Gasteiger partial charge >= 0.3 is 6.01 Å². The molecule has 6 heteroatoms. The number of nitrogens with two attached hydrogens (primary N) is 1. The zero-order valence-corrected chi connectivity index (χ0v) is 7.65. The van der Waals surface area contributed by atoms with E-state index >= 15 is 0 Å². The molecule has 0 radical (unpaired) electrons. The second kappa shape index (κ2) is 3.88. The molecule has 6 nitrogen and oxygen atoms in total. The van der Waals surface area contributed by atoms with Crippen LogP contribution in [0.5, 0.6) is 6.01 Å². The van der Waals surface area contributed by atoms with Gasteiger partial charge in [-0.25, -0.2) is 0 Å². The molecule has 1 heterocycles. The van der Waals surface area contributed by atoms with Gasteiger partial charge in [-0.15, -0.1) is 5.10 Å². The molecule has 2 N–H and O–H groups in total. The molecule has 0 fully saturated rings. The summed E-state index contributed by atoms with van der Waals surface area (Å²) in [5.41, 5.74) is -0.0214. The highest BCUT2D eigenvalue weighted by Gasteiger charge is 2.08. The minimum absolute atomic E-state index is 0.0460. The van der Waals surface area contributed by atoms with E-state index in [9.17, 15) is 4.79 Å². The monoisotopic (exact) mass is 184 g/mol. The highest BCUT2D eigenvalue weighted by molar-refractivity contribution is 5.01. The van der Waals surface area contributed by atoms with E-state index in [2.05, 4.69) is 10.2 Å². The molecule has 0 atom stereocenters. The standard InChI is InChI=1S/C7H12N4O2/c1-3-5-6(12)11(8)7(10-9-5)13-4-2/h3-4,8H2,1-2H3. The largest absolute Gasteiger partial charge is 0.463 e. The maximum atomic E-state index is 11.4. The summed E-state index contributed by atoms with van der Waals surface area (Å²) in [5.74, 6) is 5.42. The Bertz CT molecular complexity index is 347. The van der Waals surface area contributed by atoms with Crippen molar-refractivity contribution in [1.82, 2.24) is 14.9 Å². The smallest absolute Gasteiger partial charge is 0.337 e. The third-order valence-electron chi connectivity index (χ3n) is 1.54. The SMILES string of the molecule is CCOc1nnc(CC)c(=O)n1N. The van der Waals surface area contributed by atoms with Crippen molar-refractivity contribution in [3.8, 4) is 6.01 Å². The Morgan fingerprint density at radius 1 is 1.46 bits per heavy atom. The van der Waals surface area contributed by atoms with Crippen molar-refractivity contribution in [3.05, 3.63) is 16.0 Å². The van der Waals surface area contributed by atoms with Crippen LogP contribution in [0.2, 0.25) is 0 Å². The van der Waals surface area contributed by atoms with Gasteiger partial charge in [-0.05, 0) is 13.3 Å². The Morgan fingerprint density at radius 3 is 2.69 bits per heavy atom. The van der Waals surface area contributed by atoms with Gasteiger partial charge in [0.1, 0.15) is 5.69 Å². The third-order valence-corrected chi connectivity index (χ3v) is 1.54. The summed E-state index contributed by atoms with van der Waals surface area (Å²) in [5, 5.41) is 7.35. The number of hydrogen-bond donors (Lipinski definition) is 1. The lowest BCUT2D eigenvalue weighted by Gasteiger charge is -2.05. The molecule has 0 bridgehead atoms. The lowest BCUT2D eigenvalue weighted by Crippen LogP contribution is -2.33. The lowest BCUT2D eigenvalue weighted by molar-refractivity contribution is 0.292. The van der Waals surface area contributed by atoms with Gasteiger partial charge in [0, 0.05) is 0 Å². The van der Waals surface area contributed by atoms with Crippen LogP contribution >= 0.6 is 0 Å². The number of nitrogen functional groups attached to an aromatic ring is 1. The molecule has 0 saturated heterocycles. The van der Waals surface area contributed by atoms with Gasteiger partial charge in [0.15, 0.2) is 0 Å². The molecule has 0 saturated carbocycles. The Kier molecular flexibility index (Phi) is 2.84. The van der Waals surface area contributed by atoms with E-state index in [0.717, 1.165) is 4.68 Å². The van der Waals surface area contributed by atoms with Crippen LogP contribution in [0.25, 0.3) is 0 Å². The van der Waals surface area contributed by atoms with Crippen molar-refractivity contribution in [2.45, 2.75) is 20.3 Å². The molecule has 0 aliphatic rings. The fourth-order valence-corrected chi connectivity index (χ4v) is 0.869. The number of nitrogens with zero attached hydrogens (tertiary/aromatic N) is 3. The number of aryl methyl sites for hydroxylation is 1. The summed E-state index contributed by atoms with van der Waals surface area (Å²) in [6.07, 6.45) is 0.509. The lowest BCUT2D eigenvalue weighted by atomic mass is 10.4. The molecule has 13 heavy (non-hydrogen) atoms. The molecule has 0 amide bonds.